The average Bonchev–Trinajstić information content (AvgIpc) is 3.11. The van der Waals surface area contributed by atoms with Crippen molar-refractivity contribution >= 4 is 0 Å². The summed E-state index contributed by atoms with van der Waals surface area (Å²) in [6, 6.07) is 8.96. The number of aromatic nitrogens is 3. The van der Waals surface area contributed by atoms with E-state index in [0.29, 0.717) is 40.3 Å². The third-order valence-corrected chi connectivity index (χ3v) is 3.22. The zero-order valence-corrected chi connectivity index (χ0v) is 12.9. The van der Waals surface area contributed by atoms with Crippen molar-refractivity contribution in [2.24, 2.45) is 0 Å². The van der Waals surface area contributed by atoms with Gasteiger partial charge in [-0.05, 0) is 24.3 Å². The summed E-state index contributed by atoms with van der Waals surface area (Å²) in [4.78, 5) is 4.19. The van der Waals surface area contributed by atoms with Crippen molar-refractivity contribution in [3.8, 4) is 40.3 Å². The molecule has 0 fully saturated rings. The fourth-order valence-electron chi connectivity index (χ4n) is 2.14. The molecule has 118 valence electrons. The van der Waals surface area contributed by atoms with Gasteiger partial charge in [-0.3, -0.25) is 4.98 Å². The van der Waals surface area contributed by atoms with Gasteiger partial charge >= 0.3 is 0 Å². The molecule has 0 saturated heterocycles. The van der Waals surface area contributed by atoms with Gasteiger partial charge < -0.3 is 18.6 Å². The lowest BCUT2D eigenvalue weighted by Crippen LogP contribution is -1.95. The zero-order valence-electron chi connectivity index (χ0n) is 12.9. The third-order valence-electron chi connectivity index (χ3n) is 3.22. The summed E-state index contributed by atoms with van der Waals surface area (Å²) in [5.41, 5.74) is 1.27. The Balaban J connectivity index is 2.04. The van der Waals surface area contributed by atoms with E-state index in [1.807, 2.05) is 12.1 Å². The van der Waals surface area contributed by atoms with E-state index in [0.717, 1.165) is 0 Å². The molecule has 2 aromatic heterocycles. The SMILES string of the molecule is COc1cc(-c2nnc(-c3ccccn3)o2)cc(OC)c1OC. The molecule has 0 radical (unpaired) electrons. The second-order valence-electron chi connectivity index (χ2n) is 4.54. The summed E-state index contributed by atoms with van der Waals surface area (Å²) >= 11 is 0. The molecule has 0 saturated carbocycles. The van der Waals surface area contributed by atoms with Crippen LogP contribution in [0.15, 0.2) is 40.9 Å². The number of hydrogen-bond donors (Lipinski definition) is 0. The summed E-state index contributed by atoms with van der Waals surface area (Å²) in [5, 5.41) is 8.08. The van der Waals surface area contributed by atoms with Crippen molar-refractivity contribution in [1.29, 1.82) is 0 Å². The average molecular weight is 313 g/mol. The van der Waals surface area contributed by atoms with Crippen molar-refractivity contribution in [2.45, 2.75) is 0 Å². The number of ether oxygens (including phenoxy) is 3. The normalized spacial score (nSPS) is 10.4. The van der Waals surface area contributed by atoms with E-state index in [1.54, 1.807) is 45.7 Å². The van der Waals surface area contributed by atoms with E-state index in [2.05, 4.69) is 15.2 Å². The first-order chi connectivity index (χ1) is 11.3. The molecule has 1 aromatic carbocycles. The Morgan fingerprint density at radius 3 is 2.13 bits per heavy atom. The maximum atomic E-state index is 5.69. The quantitative estimate of drug-likeness (QED) is 0.716. The van der Waals surface area contributed by atoms with Crippen LogP contribution in [0.5, 0.6) is 17.2 Å². The molecule has 0 bridgehead atoms. The predicted molar refractivity (Wildman–Crippen MR) is 82.6 cm³/mol. The monoisotopic (exact) mass is 313 g/mol. The van der Waals surface area contributed by atoms with Gasteiger partial charge in [0, 0.05) is 11.8 Å². The Kier molecular flexibility index (Phi) is 4.09. The van der Waals surface area contributed by atoms with Crippen LogP contribution in [0, 0.1) is 0 Å². The van der Waals surface area contributed by atoms with Crippen molar-refractivity contribution < 1.29 is 18.6 Å². The lowest BCUT2D eigenvalue weighted by atomic mass is 10.2. The van der Waals surface area contributed by atoms with Gasteiger partial charge in [-0.25, -0.2) is 0 Å². The minimum Gasteiger partial charge on any atom is -0.493 e. The van der Waals surface area contributed by atoms with E-state index in [9.17, 15) is 0 Å². The van der Waals surface area contributed by atoms with Crippen molar-refractivity contribution in [2.75, 3.05) is 21.3 Å². The Morgan fingerprint density at radius 2 is 1.57 bits per heavy atom. The lowest BCUT2D eigenvalue weighted by molar-refractivity contribution is 0.324. The van der Waals surface area contributed by atoms with Gasteiger partial charge in [0.1, 0.15) is 5.69 Å². The fourth-order valence-corrected chi connectivity index (χ4v) is 2.14. The number of nitrogens with zero attached hydrogens (tertiary/aromatic N) is 3. The molecule has 3 aromatic rings. The van der Waals surface area contributed by atoms with Gasteiger partial charge in [0.25, 0.3) is 5.89 Å². The number of hydrogen-bond acceptors (Lipinski definition) is 7. The maximum absolute atomic E-state index is 5.69. The largest absolute Gasteiger partial charge is 0.493 e. The zero-order chi connectivity index (χ0) is 16.2. The summed E-state index contributed by atoms with van der Waals surface area (Å²) in [6.45, 7) is 0. The van der Waals surface area contributed by atoms with E-state index in [1.165, 1.54) is 0 Å². The van der Waals surface area contributed by atoms with E-state index in [-0.39, 0.29) is 0 Å². The van der Waals surface area contributed by atoms with E-state index >= 15 is 0 Å². The fraction of sp³-hybridized carbons (Fsp3) is 0.188. The van der Waals surface area contributed by atoms with E-state index in [4.69, 9.17) is 18.6 Å². The minimum absolute atomic E-state index is 0.338. The van der Waals surface area contributed by atoms with Crippen molar-refractivity contribution in [3.63, 3.8) is 0 Å². The highest BCUT2D eigenvalue weighted by molar-refractivity contribution is 5.66. The van der Waals surface area contributed by atoms with Crippen LogP contribution in [-0.4, -0.2) is 36.5 Å². The van der Waals surface area contributed by atoms with Crippen LogP contribution < -0.4 is 14.2 Å². The topological polar surface area (TPSA) is 79.5 Å². The van der Waals surface area contributed by atoms with Gasteiger partial charge in [-0.1, -0.05) is 6.07 Å². The van der Waals surface area contributed by atoms with Crippen LogP contribution in [0.4, 0.5) is 0 Å². The van der Waals surface area contributed by atoms with E-state index < -0.39 is 0 Å². The predicted octanol–water partition coefficient (Wildman–Crippen LogP) is 2.82. The molecule has 0 N–H and O–H groups in total. The molecule has 7 nitrogen and oxygen atoms in total. The summed E-state index contributed by atoms with van der Waals surface area (Å²) in [5.74, 6) is 2.21. The van der Waals surface area contributed by atoms with Gasteiger partial charge in [0.15, 0.2) is 11.5 Å². The van der Waals surface area contributed by atoms with Crippen molar-refractivity contribution in [1.82, 2.24) is 15.2 Å². The minimum atomic E-state index is 0.338. The van der Waals surface area contributed by atoms with Crippen LogP contribution in [0.1, 0.15) is 0 Å². The highest BCUT2D eigenvalue weighted by Gasteiger charge is 2.18. The Bertz CT molecular complexity index is 777. The highest BCUT2D eigenvalue weighted by Crippen LogP contribution is 2.41. The first-order valence-electron chi connectivity index (χ1n) is 6.82. The molecular formula is C16H15N3O4. The van der Waals surface area contributed by atoms with Crippen LogP contribution in [0.3, 0.4) is 0 Å². The van der Waals surface area contributed by atoms with Gasteiger partial charge in [0.2, 0.25) is 11.6 Å². The van der Waals surface area contributed by atoms with Gasteiger partial charge in [-0.15, -0.1) is 10.2 Å². The lowest BCUT2D eigenvalue weighted by Gasteiger charge is -2.12. The van der Waals surface area contributed by atoms with Crippen LogP contribution in [0.2, 0.25) is 0 Å². The molecule has 2 heterocycles. The first-order valence-corrected chi connectivity index (χ1v) is 6.82. The Hall–Kier alpha value is -3.09. The standard InChI is InChI=1S/C16H15N3O4/c1-20-12-8-10(9-13(21-2)14(12)22-3)15-18-19-16(23-15)11-6-4-5-7-17-11/h4-9H,1-3H3. The van der Waals surface area contributed by atoms with Crippen LogP contribution in [0.25, 0.3) is 23.0 Å². The summed E-state index contributed by atoms with van der Waals surface area (Å²) < 4.78 is 21.6. The molecule has 0 spiro atoms. The molecule has 0 aliphatic carbocycles. The van der Waals surface area contributed by atoms with Crippen molar-refractivity contribution in [3.05, 3.63) is 36.5 Å². The third kappa shape index (κ3) is 2.80. The van der Waals surface area contributed by atoms with Crippen LogP contribution >= 0.6 is 0 Å². The van der Waals surface area contributed by atoms with Crippen LogP contribution in [-0.2, 0) is 0 Å². The highest BCUT2D eigenvalue weighted by atomic mass is 16.5. The number of pyridine rings is 1. The second-order valence-corrected chi connectivity index (χ2v) is 4.54. The van der Waals surface area contributed by atoms with Gasteiger partial charge in [0.05, 0.1) is 21.3 Å². The molecule has 0 amide bonds. The number of methoxy groups -OCH3 is 3. The molecule has 0 atom stereocenters. The molecule has 0 unspecified atom stereocenters. The molecule has 0 aliphatic heterocycles. The Labute approximate surface area is 132 Å². The number of benzene rings is 1. The molecule has 7 heteroatoms. The second kappa shape index (κ2) is 6.35. The summed E-state index contributed by atoms with van der Waals surface area (Å²) in [7, 11) is 4.65. The van der Waals surface area contributed by atoms with Gasteiger partial charge in [-0.2, -0.15) is 0 Å². The molecule has 0 aliphatic rings. The smallest absolute Gasteiger partial charge is 0.266 e. The summed E-state index contributed by atoms with van der Waals surface area (Å²) in [6.07, 6.45) is 1.67. The molecule has 23 heavy (non-hydrogen) atoms. The first kappa shape index (κ1) is 14.8. The maximum Gasteiger partial charge on any atom is 0.266 e. The molecule has 3 rings (SSSR count). The molecular weight excluding hydrogens is 298 g/mol. The Morgan fingerprint density at radius 1 is 0.870 bits per heavy atom. The number of rotatable bonds is 5.